The van der Waals surface area contributed by atoms with Gasteiger partial charge in [0.05, 0.1) is 48.7 Å². The fourth-order valence-electron chi connectivity index (χ4n) is 8.17. The standard InChI is InChI=1S/C42H68N6O6S/c1-13-28(6)37(47(10)42(52)35(26(2)3)45-40(51)36(27(4)5)46(8)9)33(53-11)25-34(49)48-22-17-20-32(48)38(54-12)29(7)39(50)44-31(41-43-21-23-55-41)24-30-18-15-14-16-19-30/h14-16,18-19,21,23,26-29,31-33,35-38H,13,17,20,22,24-25H2,1-12H3,(H,44,50)(H,45,51)/t28-,29+,31-,32-,33+,35-,36?,37-,38+/m0/s1. The van der Waals surface area contributed by atoms with E-state index in [1.165, 1.54) is 11.3 Å². The number of rotatable bonds is 21. The second-order valence-electron chi connectivity index (χ2n) is 16.1. The van der Waals surface area contributed by atoms with Gasteiger partial charge >= 0.3 is 0 Å². The second kappa shape index (κ2) is 21.8. The second-order valence-corrected chi connectivity index (χ2v) is 17.0. The number of likely N-dealkylation sites (N-methyl/N-ethyl adjacent to an activating group) is 2. The van der Waals surface area contributed by atoms with E-state index >= 15 is 0 Å². The zero-order chi connectivity index (χ0) is 41.0. The molecule has 3 rings (SSSR count). The molecule has 1 aliphatic rings. The van der Waals surface area contributed by atoms with Gasteiger partial charge in [0.25, 0.3) is 0 Å². The number of hydrogen-bond acceptors (Lipinski definition) is 9. The number of methoxy groups -OCH3 is 2. The minimum Gasteiger partial charge on any atom is -0.379 e. The lowest BCUT2D eigenvalue weighted by atomic mass is 9.89. The molecule has 4 amide bonds. The number of thiazole rings is 1. The van der Waals surface area contributed by atoms with Gasteiger partial charge in [0.15, 0.2) is 0 Å². The van der Waals surface area contributed by atoms with Crippen LogP contribution in [0.4, 0.5) is 0 Å². The van der Waals surface area contributed by atoms with Crippen LogP contribution in [-0.4, -0.2) is 122 Å². The monoisotopic (exact) mass is 784 g/mol. The number of nitrogens with one attached hydrogen (secondary N) is 2. The minimum atomic E-state index is -0.751. The lowest BCUT2D eigenvalue weighted by molar-refractivity contribution is -0.148. The smallest absolute Gasteiger partial charge is 0.245 e. The Labute approximate surface area is 334 Å². The topological polar surface area (TPSA) is 133 Å². The van der Waals surface area contributed by atoms with Crippen LogP contribution in [0.1, 0.15) is 90.8 Å². The van der Waals surface area contributed by atoms with Crippen LogP contribution in [0, 0.1) is 23.7 Å². The largest absolute Gasteiger partial charge is 0.379 e. The predicted molar refractivity (Wildman–Crippen MR) is 218 cm³/mol. The molecule has 1 aromatic heterocycles. The molecule has 1 unspecified atom stereocenters. The Balaban J connectivity index is 1.79. The van der Waals surface area contributed by atoms with Crippen LogP contribution in [-0.2, 0) is 35.1 Å². The van der Waals surface area contributed by atoms with Crippen molar-refractivity contribution in [3.8, 4) is 0 Å². The van der Waals surface area contributed by atoms with Crippen molar-refractivity contribution >= 4 is 35.0 Å². The Hall–Kier alpha value is -3.39. The molecule has 1 aliphatic heterocycles. The van der Waals surface area contributed by atoms with Crippen molar-refractivity contribution < 1.29 is 28.7 Å². The number of aromatic nitrogens is 1. The molecule has 55 heavy (non-hydrogen) atoms. The first-order valence-electron chi connectivity index (χ1n) is 19.9. The van der Waals surface area contributed by atoms with E-state index in [4.69, 9.17) is 9.47 Å². The Morgan fingerprint density at radius 2 is 1.62 bits per heavy atom. The van der Waals surface area contributed by atoms with E-state index in [1.54, 1.807) is 32.4 Å². The first-order valence-corrected chi connectivity index (χ1v) is 20.8. The molecule has 0 radical (unpaired) electrons. The first kappa shape index (κ1) is 46.0. The zero-order valence-corrected chi connectivity index (χ0v) is 36.1. The first-order chi connectivity index (χ1) is 26.1. The van der Waals surface area contributed by atoms with Crippen molar-refractivity contribution in [2.75, 3.05) is 41.9 Å². The van der Waals surface area contributed by atoms with E-state index in [1.807, 2.05) is 94.2 Å². The quantitative estimate of drug-likeness (QED) is 0.177. The van der Waals surface area contributed by atoms with Gasteiger partial charge in [-0.05, 0) is 56.7 Å². The van der Waals surface area contributed by atoms with Gasteiger partial charge in [0.1, 0.15) is 11.0 Å². The fraction of sp³-hybridized carbons (Fsp3) is 0.690. The molecule has 0 bridgehead atoms. The van der Waals surface area contributed by atoms with Gasteiger partial charge in [0, 0.05) is 39.4 Å². The molecule has 308 valence electrons. The molecular weight excluding hydrogens is 717 g/mol. The number of carbonyl (C=O) groups is 4. The van der Waals surface area contributed by atoms with Gasteiger partial charge in [-0.1, -0.05) is 85.2 Å². The third-order valence-corrected chi connectivity index (χ3v) is 12.2. The number of nitrogens with zero attached hydrogens (tertiary/aromatic N) is 4. The predicted octanol–water partition coefficient (Wildman–Crippen LogP) is 5.19. The number of hydrogen-bond donors (Lipinski definition) is 2. The molecule has 1 fully saturated rings. The van der Waals surface area contributed by atoms with E-state index in [2.05, 4.69) is 29.5 Å². The van der Waals surface area contributed by atoms with Crippen molar-refractivity contribution in [2.45, 2.75) is 123 Å². The highest BCUT2D eigenvalue weighted by atomic mass is 32.1. The van der Waals surface area contributed by atoms with Crippen LogP contribution in [0.15, 0.2) is 41.9 Å². The molecule has 1 aromatic carbocycles. The SMILES string of the molecule is CC[C@H](C)[C@@H]([C@@H](CC(=O)N1CCC[C@H]1[C@H](OC)[C@@H](C)C(=O)N[C@@H](Cc1ccccc1)c1nccs1)OC)N(C)C(=O)[C@@H](NC(=O)C(C(C)C)N(C)C)C(C)C. The lowest BCUT2D eigenvalue weighted by Crippen LogP contribution is -2.59. The number of carbonyl (C=O) groups excluding carboxylic acids is 4. The van der Waals surface area contributed by atoms with E-state index in [-0.39, 0.29) is 65.9 Å². The molecular formula is C42H68N6O6S. The van der Waals surface area contributed by atoms with Crippen molar-refractivity contribution in [3.05, 3.63) is 52.5 Å². The molecule has 2 aromatic rings. The summed E-state index contributed by atoms with van der Waals surface area (Å²) in [4.78, 5) is 65.8. The van der Waals surface area contributed by atoms with Gasteiger partial charge in [-0.2, -0.15) is 0 Å². The van der Waals surface area contributed by atoms with Crippen molar-refractivity contribution in [3.63, 3.8) is 0 Å². The summed E-state index contributed by atoms with van der Waals surface area (Å²) in [5.74, 6) is -1.35. The third kappa shape index (κ3) is 12.1. The number of benzene rings is 1. The summed E-state index contributed by atoms with van der Waals surface area (Å²) in [5, 5.41) is 9.02. The summed E-state index contributed by atoms with van der Waals surface area (Å²) < 4.78 is 12.1. The molecule has 0 spiro atoms. The highest BCUT2D eigenvalue weighted by Gasteiger charge is 2.43. The van der Waals surface area contributed by atoms with E-state index in [0.29, 0.717) is 19.4 Å². The molecule has 2 N–H and O–H groups in total. The summed E-state index contributed by atoms with van der Waals surface area (Å²) in [6, 6.07) is 7.83. The van der Waals surface area contributed by atoms with Crippen LogP contribution >= 0.6 is 11.3 Å². The molecule has 0 aliphatic carbocycles. The normalized spacial score (nSPS) is 19.0. The Bertz CT molecular complexity index is 1480. The molecule has 12 nitrogen and oxygen atoms in total. The molecule has 9 atom stereocenters. The van der Waals surface area contributed by atoms with Crippen molar-refractivity contribution in [1.29, 1.82) is 0 Å². The average molecular weight is 785 g/mol. The van der Waals surface area contributed by atoms with Crippen LogP contribution in [0.5, 0.6) is 0 Å². The molecule has 0 saturated carbocycles. The Kier molecular flexibility index (Phi) is 18.2. The van der Waals surface area contributed by atoms with Crippen LogP contribution < -0.4 is 10.6 Å². The number of amides is 4. The molecule has 1 saturated heterocycles. The fourth-order valence-corrected chi connectivity index (χ4v) is 8.86. The summed E-state index contributed by atoms with van der Waals surface area (Å²) in [5.41, 5.74) is 1.09. The maximum Gasteiger partial charge on any atom is 0.245 e. The number of likely N-dealkylation sites (tertiary alicyclic amines) is 1. The Morgan fingerprint density at radius 1 is 0.945 bits per heavy atom. The lowest BCUT2D eigenvalue weighted by Gasteiger charge is -2.41. The summed E-state index contributed by atoms with van der Waals surface area (Å²) in [6.07, 6.45) is 3.49. The van der Waals surface area contributed by atoms with E-state index < -0.39 is 30.2 Å². The van der Waals surface area contributed by atoms with Gasteiger partial charge in [-0.3, -0.25) is 24.1 Å². The maximum absolute atomic E-state index is 14.3. The van der Waals surface area contributed by atoms with E-state index in [0.717, 1.165) is 23.4 Å². The maximum atomic E-state index is 14.3. The summed E-state index contributed by atoms with van der Waals surface area (Å²) in [7, 11) is 8.66. The van der Waals surface area contributed by atoms with Gasteiger partial charge < -0.3 is 29.9 Å². The summed E-state index contributed by atoms with van der Waals surface area (Å²) >= 11 is 1.51. The van der Waals surface area contributed by atoms with Gasteiger partial charge in [0.2, 0.25) is 23.6 Å². The number of ether oxygens (including phenoxy) is 2. The Morgan fingerprint density at radius 3 is 2.15 bits per heavy atom. The third-order valence-electron chi connectivity index (χ3n) is 11.3. The highest BCUT2D eigenvalue weighted by molar-refractivity contribution is 7.09. The van der Waals surface area contributed by atoms with Crippen LogP contribution in [0.25, 0.3) is 0 Å². The summed E-state index contributed by atoms with van der Waals surface area (Å²) in [6.45, 7) is 14.3. The molecule has 2 heterocycles. The zero-order valence-electron chi connectivity index (χ0n) is 35.3. The van der Waals surface area contributed by atoms with Crippen LogP contribution in [0.2, 0.25) is 0 Å². The van der Waals surface area contributed by atoms with Crippen molar-refractivity contribution in [2.24, 2.45) is 23.7 Å². The highest BCUT2D eigenvalue weighted by Crippen LogP contribution is 2.30. The average Bonchev–Trinajstić information content (AvgIpc) is 3.87. The van der Waals surface area contributed by atoms with Gasteiger partial charge in [-0.25, -0.2) is 4.98 Å². The molecule has 13 heteroatoms. The van der Waals surface area contributed by atoms with Crippen LogP contribution in [0.3, 0.4) is 0 Å². The van der Waals surface area contributed by atoms with Crippen molar-refractivity contribution in [1.82, 2.24) is 30.3 Å². The van der Waals surface area contributed by atoms with E-state index in [9.17, 15) is 19.2 Å². The van der Waals surface area contributed by atoms with Gasteiger partial charge in [-0.15, -0.1) is 11.3 Å². The minimum absolute atomic E-state index is 0.00751.